The number of nitrogens with zero attached hydrogens (tertiary/aromatic N) is 1. The molecule has 1 fully saturated rings. The average molecular weight is 328 g/mol. The van der Waals surface area contributed by atoms with Gasteiger partial charge in [-0.2, -0.15) is 13.2 Å². The summed E-state index contributed by atoms with van der Waals surface area (Å²) in [6.45, 7) is 0. The fourth-order valence-corrected chi connectivity index (χ4v) is 3.37. The molecule has 2 N–H and O–H groups in total. The van der Waals surface area contributed by atoms with Gasteiger partial charge in [0.05, 0.1) is 5.52 Å². The van der Waals surface area contributed by atoms with Gasteiger partial charge in [0.15, 0.2) is 0 Å². The summed E-state index contributed by atoms with van der Waals surface area (Å²) in [5.74, 6) is 3.90. The first-order valence-corrected chi connectivity index (χ1v) is 7.51. The van der Waals surface area contributed by atoms with Crippen molar-refractivity contribution < 1.29 is 17.6 Å². The lowest BCUT2D eigenvalue weighted by Gasteiger charge is -2.23. The van der Waals surface area contributed by atoms with Crippen LogP contribution in [0.3, 0.4) is 0 Å². The molecule has 1 aliphatic carbocycles. The molecule has 1 aliphatic rings. The van der Waals surface area contributed by atoms with E-state index in [4.69, 9.17) is 5.84 Å². The molecule has 3 rings (SSSR count). The minimum Gasteiger partial charge on any atom is -0.336 e. The Labute approximate surface area is 129 Å². The Morgan fingerprint density at radius 2 is 1.78 bits per heavy atom. The van der Waals surface area contributed by atoms with Gasteiger partial charge in [-0.3, -0.25) is 4.79 Å². The molecule has 7 heteroatoms. The Hall–Kier alpha value is -2.05. The van der Waals surface area contributed by atoms with E-state index in [1.807, 2.05) is 0 Å². The van der Waals surface area contributed by atoms with E-state index in [2.05, 4.69) is 0 Å². The van der Waals surface area contributed by atoms with Crippen LogP contribution in [0.1, 0.15) is 49.1 Å². The monoisotopic (exact) mass is 328 g/mol. The highest BCUT2D eigenvalue weighted by Gasteiger charge is 2.38. The third-order valence-corrected chi connectivity index (χ3v) is 4.54. The van der Waals surface area contributed by atoms with Crippen LogP contribution in [0, 0.1) is 5.82 Å². The van der Waals surface area contributed by atoms with Crippen molar-refractivity contribution in [2.45, 2.75) is 44.2 Å². The van der Waals surface area contributed by atoms with Gasteiger partial charge in [-0.05, 0) is 30.4 Å². The highest BCUT2D eigenvalue weighted by atomic mass is 19.4. The highest BCUT2D eigenvalue weighted by molar-refractivity contribution is 5.84. The van der Waals surface area contributed by atoms with Gasteiger partial charge in [0.2, 0.25) is 5.82 Å². The topological polar surface area (TPSA) is 48.0 Å². The number of alkyl halides is 3. The quantitative estimate of drug-likeness (QED) is 0.637. The van der Waals surface area contributed by atoms with E-state index in [0.717, 1.165) is 37.7 Å². The smallest absolute Gasteiger partial charge is 0.336 e. The molecule has 0 amide bonds. The molecule has 0 aliphatic heterocycles. The first-order chi connectivity index (χ1) is 10.8. The number of hydrogen-bond acceptors (Lipinski definition) is 2. The predicted octanol–water partition coefficient (Wildman–Crippen LogP) is 3.92. The van der Waals surface area contributed by atoms with Crippen molar-refractivity contribution in [2.24, 2.45) is 0 Å². The Bertz CT molecular complexity index is 804. The molecule has 0 unspecified atom stereocenters. The fraction of sp³-hybridized carbons (Fsp3) is 0.438. The van der Waals surface area contributed by atoms with Crippen molar-refractivity contribution in [2.75, 3.05) is 5.84 Å². The van der Waals surface area contributed by atoms with E-state index >= 15 is 0 Å². The van der Waals surface area contributed by atoms with E-state index in [0.29, 0.717) is 4.68 Å². The average Bonchev–Trinajstić information content (AvgIpc) is 2.52. The second kappa shape index (κ2) is 5.54. The summed E-state index contributed by atoms with van der Waals surface area (Å²) in [7, 11) is 0. The van der Waals surface area contributed by atoms with E-state index in [1.54, 1.807) is 6.07 Å². The maximum atomic E-state index is 13.8. The van der Waals surface area contributed by atoms with E-state index in [1.165, 1.54) is 12.1 Å². The van der Waals surface area contributed by atoms with Gasteiger partial charge < -0.3 is 5.84 Å². The largest absolute Gasteiger partial charge is 0.420 e. The van der Waals surface area contributed by atoms with Crippen LogP contribution in [-0.2, 0) is 6.18 Å². The van der Waals surface area contributed by atoms with Gasteiger partial charge in [0.25, 0.3) is 0 Å². The van der Waals surface area contributed by atoms with Gasteiger partial charge in [0, 0.05) is 5.39 Å². The number of nitrogen functional groups attached to an aromatic ring is 1. The summed E-state index contributed by atoms with van der Waals surface area (Å²) in [6, 6.07) is 4.28. The molecule has 0 atom stereocenters. The zero-order chi connectivity index (χ0) is 16.8. The van der Waals surface area contributed by atoms with Crippen LogP contribution >= 0.6 is 0 Å². The van der Waals surface area contributed by atoms with Crippen LogP contribution in [0.2, 0.25) is 0 Å². The summed E-state index contributed by atoms with van der Waals surface area (Å²) < 4.78 is 53.6. The third kappa shape index (κ3) is 2.68. The summed E-state index contributed by atoms with van der Waals surface area (Å²) in [6.07, 6.45) is 0.225. The van der Waals surface area contributed by atoms with Crippen molar-refractivity contribution in [3.8, 4) is 0 Å². The molecule has 0 radical (unpaired) electrons. The lowest BCUT2D eigenvalue weighted by molar-refractivity contribution is -0.138. The molecule has 1 aromatic carbocycles. The molecular formula is C16H16F4N2O. The first-order valence-electron chi connectivity index (χ1n) is 7.51. The Morgan fingerprint density at radius 1 is 1.13 bits per heavy atom. The number of rotatable bonds is 1. The number of aromatic nitrogens is 1. The number of nitrogens with two attached hydrogens (primary N) is 1. The zero-order valence-corrected chi connectivity index (χ0v) is 12.3. The van der Waals surface area contributed by atoms with E-state index < -0.39 is 28.5 Å². The number of pyridine rings is 1. The molecule has 23 heavy (non-hydrogen) atoms. The molecule has 124 valence electrons. The first kappa shape index (κ1) is 15.8. The van der Waals surface area contributed by atoms with Crippen molar-refractivity contribution >= 4 is 10.9 Å². The lowest BCUT2D eigenvalue weighted by Crippen LogP contribution is -2.33. The van der Waals surface area contributed by atoms with Gasteiger partial charge in [-0.15, -0.1) is 0 Å². The minimum absolute atomic E-state index is 0.0909. The predicted molar refractivity (Wildman–Crippen MR) is 79.1 cm³/mol. The lowest BCUT2D eigenvalue weighted by atomic mass is 9.83. The normalized spacial score (nSPS) is 16.9. The minimum atomic E-state index is -4.96. The van der Waals surface area contributed by atoms with Crippen LogP contribution in [-0.4, -0.2) is 4.68 Å². The summed E-state index contributed by atoms with van der Waals surface area (Å²) in [5.41, 5.74) is -2.26. The number of benzene rings is 1. The van der Waals surface area contributed by atoms with Crippen LogP contribution in [0.15, 0.2) is 23.0 Å². The zero-order valence-electron chi connectivity index (χ0n) is 12.3. The fourth-order valence-electron chi connectivity index (χ4n) is 3.37. The molecule has 0 bridgehead atoms. The maximum absolute atomic E-state index is 13.8. The summed E-state index contributed by atoms with van der Waals surface area (Å²) in [5, 5.41) is -0.392. The molecule has 3 nitrogen and oxygen atoms in total. The van der Waals surface area contributed by atoms with Crippen molar-refractivity contribution in [3.63, 3.8) is 0 Å². The third-order valence-electron chi connectivity index (χ3n) is 4.54. The highest BCUT2D eigenvalue weighted by Crippen LogP contribution is 2.38. The van der Waals surface area contributed by atoms with E-state index in [-0.39, 0.29) is 11.4 Å². The molecule has 2 aromatic rings. The van der Waals surface area contributed by atoms with Gasteiger partial charge in [-0.1, -0.05) is 31.4 Å². The van der Waals surface area contributed by atoms with Crippen LogP contribution in [0.4, 0.5) is 17.6 Å². The summed E-state index contributed by atoms with van der Waals surface area (Å²) in [4.78, 5) is 11.7. The number of fused-ring (bicyclic) bond motifs is 1. The SMILES string of the molecule is Nn1c(=O)c(F)c(C(F)(F)F)c2ccc(C3CCCCC3)cc21. The van der Waals surface area contributed by atoms with Crippen molar-refractivity contribution in [1.82, 2.24) is 4.68 Å². The van der Waals surface area contributed by atoms with Crippen LogP contribution in [0.5, 0.6) is 0 Å². The number of halogens is 4. The molecule has 0 spiro atoms. The van der Waals surface area contributed by atoms with Crippen molar-refractivity contribution in [3.05, 3.63) is 45.5 Å². The van der Waals surface area contributed by atoms with Gasteiger partial charge in [-0.25, -0.2) is 9.07 Å². The Morgan fingerprint density at radius 3 is 2.39 bits per heavy atom. The molecule has 1 saturated carbocycles. The van der Waals surface area contributed by atoms with Crippen LogP contribution in [0.25, 0.3) is 10.9 Å². The molecule has 0 saturated heterocycles. The molecular weight excluding hydrogens is 312 g/mol. The standard InChI is InChI=1S/C16H16F4N2O/c17-14-13(16(18,19)20)11-7-6-10(9-4-2-1-3-5-9)8-12(11)22(21)15(14)23/h6-9H,1-5,21H2. The van der Waals surface area contributed by atoms with Gasteiger partial charge in [0.1, 0.15) is 5.56 Å². The summed E-state index contributed by atoms with van der Waals surface area (Å²) >= 11 is 0. The Balaban J connectivity index is 2.25. The number of hydrogen-bond donors (Lipinski definition) is 1. The van der Waals surface area contributed by atoms with Gasteiger partial charge >= 0.3 is 11.7 Å². The second-order valence-corrected chi connectivity index (χ2v) is 5.97. The van der Waals surface area contributed by atoms with Crippen molar-refractivity contribution in [1.29, 1.82) is 0 Å². The second-order valence-electron chi connectivity index (χ2n) is 5.97. The molecule has 1 heterocycles. The van der Waals surface area contributed by atoms with E-state index in [9.17, 15) is 22.4 Å². The maximum Gasteiger partial charge on any atom is 0.420 e. The Kier molecular flexibility index (Phi) is 3.82. The van der Waals surface area contributed by atoms with Crippen LogP contribution < -0.4 is 11.4 Å². The molecule has 1 aromatic heterocycles.